The maximum Gasteiger partial charge on any atom is 0.416 e. The quantitative estimate of drug-likeness (QED) is 0.450. The summed E-state index contributed by atoms with van der Waals surface area (Å²) in [4.78, 5) is 26.2. The van der Waals surface area contributed by atoms with Crippen LogP contribution in [0, 0.1) is 6.92 Å². The number of carbonyl (C=O) groups is 1. The van der Waals surface area contributed by atoms with Crippen molar-refractivity contribution < 1.29 is 18.0 Å². The first-order valence-electron chi connectivity index (χ1n) is 10.1. The molecule has 0 aliphatic heterocycles. The first-order chi connectivity index (χ1) is 15.7. The highest BCUT2D eigenvalue weighted by Gasteiger charge is 2.30. The lowest BCUT2D eigenvalue weighted by Gasteiger charge is -2.11. The first kappa shape index (κ1) is 22.1. The number of carbonyl (C=O) groups excluding carboxylic acids is 1. The minimum absolute atomic E-state index is 0.133. The maximum atomic E-state index is 13.1. The molecule has 0 saturated carbocycles. The fourth-order valence-electron chi connectivity index (χ4n) is 3.66. The summed E-state index contributed by atoms with van der Waals surface area (Å²) in [6.45, 7) is 1.72. The van der Waals surface area contributed by atoms with E-state index in [1.807, 2.05) is 18.2 Å². The summed E-state index contributed by atoms with van der Waals surface area (Å²) >= 11 is 0. The van der Waals surface area contributed by atoms with Crippen LogP contribution in [0.1, 0.15) is 21.6 Å². The summed E-state index contributed by atoms with van der Waals surface area (Å²) < 4.78 is 41.8. The summed E-state index contributed by atoms with van der Waals surface area (Å²) in [5.41, 5.74) is 1.35. The van der Waals surface area contributed by atoms with Gasteiger partial charge in [0.25, 0.3) is 11.5 Å². The molecule has 0 aliphatic carbocycles. The summed E-state index contributed by atoms with van der Waals surface area (Å²) in [6, 6.07) is 20.2. The van der Waals surface area contributed by atoms with E-state index in [1.165, 1.54) is 16.8 Å². The van der Waals surface area contributed by atoms with Gasteiger partial charge >= 0.3 is 6.18 Å². The Balaban J connectivity index is 1.70. The number of para-hydroxylation sites is 1. The van der Waals surface area contributed by atoms with Crippen molar-refractivity contribution in [1.29, 1.82) is 0 Å². The van der Waals surface area contributed by atoms with E-state index < -0.39 is 17.6 Å². The van der Waals surface area contributed by atoms with Gasteiger partial charge < -0.3 is 5.32 Å². The van der Waals surface area contributed by atoms with Crippen molar-refractivity contribution in [3.05, 3.63) is 106 Å². The van der Waals surface area contributed by atoms with Gasteiger partial charge in [-0.25, -0.2) is 4.68 Å². The number of benzene rings is 3. The third kappa shape index (κ3) is 4.19. The summed E-state index contributed by atoms with van der Waals surface area (Å²) in [7, 11) is 1.72. The third-order valence-electron chi connectivity index (χ3n) is 5.49. The Morgan fingerprint density at radius 1 is 0.879 bits per heavy atom. The fraction of sp³-hybridized carbons (Fsp3) is 0.120. The zero-order valence-electron chi connectivity index (χ0n) is 17.9. The first-order valence-corrected chi connectivity index (χ1v) is 10.1. The van der Waals surface area contributed by atoms with Gasteiger partial charge in [0.15, 0.2) is 0 Å². The van der Waals surface area contributed by atoms with Crippen LogP contribution in [-0.2, 0) is 13.2 Å². The minimum Gasteiger partial charge on any atom is -0.316 e. The normalized spacial score (nSPS) is 11.4. The molecule has 4 rings (SSSR count). The fourth-order valence-corrected chi connectivity index (χ4v) is 3.66. The van der Waals surface area contributed by atoms with Crippen LogP contribution < -0.4 is 10.9 Å². The predicted molar refractivity (Wildman–Crippen MR) is 121 cm³/mol. The van der Waals surface area contributed by atoms with E-state index in [0.29, 0.717) is 22.5 Å². The Bertz CT molecular complexity index is 1370. The zero-order valence-corrected chi connectivity index (χ0v) is 17.9. The highest BCUT2D eigenvalue weighted by molar-refractivity contribution is 6.08. The molecule has 33 heavy (non-hydrogen) atoms. The number of hydrogen-bond donors (Lipinski definition) is 1. The van der Waals surface area contributed by atoms with Crippen LogP contribution in [0.3, 0.4) is 0 Å². The second-order valence-electron chi connectivity index (χ2n) is 7.51. The third-order valence-corrected chi connectivity index (χ3v) is 5.49. The monoisotopic (exact) mass is 451 g/mol. The average molecular weight is 451 g/mol. The van der Waals surface area contributed by atoms with E-state index in [-0.39, 0.29) is 16.8 Å². The van der Waals surface area contributed by atoms with Crippen LogP contribution in [0.4, 0.5) is 18.9 Å². The van der Waals surface area contributed by atoms with Crippen LogP contribution >= 0.6 is 0 Å². The highest BCUT2D eigenvalue weighted by Crippen LogP contribution is 2.32. The van der Waals surface area contributed by atoms with Gasteiger partial charge in [0.1, 0.15) is 5.69 Å². The Hall–Kier alpha value is -4.07. The van der Waals surface area contributed by atoms with Gasteiger partial charge in [-0.2, -0.15) is 13.2 Å². The van der Waals surface area contributed by atoms with Crippen molar-refractivity contribution in [2.75, 3.05) is 5.32 Å². The smallest absolute Gasteiger partial charge is 0.316 e. The molecule has 1 N–H and O–H groups in total. The standard InChI is InChI=1S/C25H20F3N3O2/c1-16-22(24(33)31(30(16)2)19-8-4-3-5-9-19)29-23(32)21-11-7-6-10-20(21)17-12-14-18(15-13-17)25(26,27)28/h3-15H,1-2H3,(H,29,32). The topological polar surface area (TPSA) is 56.0 Å². The second kappa shape index (κ2) is 8.46. The number of halogens is 3. The molecule has 0 radical (unpaired) electrons. The molecule has 0 unspecified atom stereocenters. The Kier molecular flexibility index (Phi) is 5.68. The molecule has 0 aliphatic rings. The van der Waals surface area contributed by atoms with Gasteiger partial charge in [-0.15, -0.1) is 0 Å². The molecular formula is C25H20F3N3O2. The van der Waals surface area contributed by atoms with E-state index >= 15 is 0 Å². The molecule has 0 bridgehead atoms. The van der Waals surface area contributed by atoms with Gasteiger partial charge in [0, 0.05) is 12.6 Å². The molecule has 0 spiro atoms. The number of hydrogen-bond acceptors (Lipinski definition) is 2. The summed E-state index contributed by atoms with van der Waals surface area (Å²) in [5, 5.41) is 2.70. The number of alkyl halides is 3. The van der Waals surface area contributed by atoms with Crippen LogP contribution in [0.15, 0.2) is 83.7 Å². The predicted octanol–water partition coefficient (Wildman–Crippen LogP) is 5.42. The minimum atomic E-state index is -4.45. The van der Waals surface area contributed by atoms with E-state index in [9.17, 15) is 22.8 Å². The van der Waals surface area contributed by atoms with Crippen molar-refractivity contribution in [2.24, 2.45) is 7.05 Å². The van der Waals surface area contributed by atoms with Gasteiger partial charge in [0.05, 0.1) is 16.9 Å². The molecule has 0 saturated heterocycles. The highest BCUT2D eigenvalue weighted by atomic mass is 19.4. The van der Waals surface area contributed by atoms with Crippen molar-refractivity contribution >= 4 is 11.6 Å². The van der Waals surface area contributed by atoms with Gasteiger partial charge in [-0.1, -0.05) is 48.5 Å². The van der Waals surface area contributed by atoms with E-state index in [4.69, 9.17) is 0 Å². The average Bonchev–Trinajstić information content (AvgIpc) is 3.02. The van der Waals surface area contributed by atoms with Crippen LogP contribution in [-0.4, -0.2) is 15.3 Å². The van der Waals surface area contributed by atoms with E-state index in [0.717, 1.165) is 12.1 Å². The molecule has 1 aromatic heterocycles. The van der Waals surface area contributed by atoms with Crippen molar-refractivity contribution in [3.63, 3.8) is 0 Å². The lowest BCUT2D eigenvalue weighted by molar-refractivity contribution is -0.137. The number of nitrogens with zero attached hydrogens (tertiary/aromatic N) is 2. The van der Waals surface area contributed by atoms with Crippen LogP contribution in [0.25, 0.3) is 16.8 Å². The molecular weight excluding hydrogens is 431 g/mol. The number of rotatable bonds is 4. The second-order valence-corrected chi connectivity index (χ2v) is 7.51. The molecule has 3 aromatic carbocycles. The molecule has 5 nitrogen and oxygen atoms in total. The summed E-state index contributed by atoms with van der Waals surface area (Å²) in [5.74, 6) is -0.531. The van der Waals surface area contributed by atoms with Gasteiger partial charge in [-0.05, 0) is 48.4 Å². The van der Waals surface area contributed by atoms with E-state index in [1.54, 1.807) is 55.1 Å². The van der Waals surface area contributed by atoms with Gasteiger partial charge in [0.2, 0.25) is 0 Å². The molecule has 0 atom stereocenters. The molecule has 0 fully saturated rings. The number of aromatic nitrogens is 2. The van der Waals surface area contributed by atoms with E-state index in [2.05, 4.69) is 5.32 Å². The lowest BCUT2D eigenvalue weighted by Crippen LogP contribution is -2.23. The van der Waals surface area contributed by atoms with Crippen molar-refractivity contribution in [2.45, 2.75) is 13.1 Å². The molecule has 168 valence electrons. The number of anilines is 1. The Morgan fingerprint density at radius 3 is 2.12 bits per heavy atom. The largest absolute Gasteiger partial charge is 0.416 e. The van der Waals surface area contributed by atoms with Crippen molar-refractivity contribution in [1.82, 2.24) is 9.36 Å². The van der Waals surface area contributed by atoms with Crippen LogP contribution in [0.2, 0.25) is 0 Å². The maximum absolute atomic E-state index is 13.1. The van der Waals surface area contributed by atoms with Crippen LogP contribution in [0.5, 0.6) is 0 Å². The molecule has 8 heteroatoms. The lowest BCUT2D eigenvalue weighted by atomic mass is 9.98. The van der Waals surface area contributed by atoms with Gasteiger partial charge in [-0.3, -0.25) is 14.3 Å². The Labute approximate surface area is 187 Å². The molecule has 1 amide bonds. The summed E-state index contributed by atoms with van der Waals surface area (Å²) in [6.07, 6.45) is -4.45. The molecule has 1 heterocycles. The number of nitrogens with one attached hydrogen (secondary N) is 1. The Morgan fingerprint density at radius 2 is 1.48 bits per heavy atom. The molecule has 4 aromatic rings. The SMILES string of the molecule is Cc1c(NC(=O)c2ccccc2-c2ccc(C(F)(F)F)cc2)c(=O)n(-c2ccccc2)n1C. The zero-order chi connectivity index (χ0) is 23.8. The van der Waals surface area contributed by atoms with Crippen molar-refractivity contribution in [3.8, 4) is 16.8 Å². The number of amides is 1.